The number of benzene rings is 3. The zero-order valence-corrected chi connectivity index (χ0v) is 20.8. The van der Waals surface area contributed by atoms with E-state index in [1.807, 2.05) is 34.9 Å². The molecule has 178 valence electrons. The molecule has 10 heteroatoms. The molecule has 0 radical (unpaired) electrons. The average molecular weight is 526 g/mol. The summed E-state index contributed by atoms with van der Waals surface area (Å²) in [6, 6.07) is 23.9. The minimum Gasteiger partial charge on any atom is -0.486 e. The number of nitrogens with one attached hydrogen (secondary N) is 1. The number of rotatable bonds is 9. The maximum Gasteiger partial charge on any atom is 0.241 e. The Morgan fingerprint density at radius 1 is 1.00 bits per heavy atom. The number of carbonyl (C=O) groups excluding carboxylic acids is 1. The minimum atomic E-state index is -0.259. The molecule has 0 saturated heterocycles. The highest BCUT2D eigenvalue weighted by Gasteiger charge is 2.14. The van der Waals surface area contributed by atoms with Crippen molar-refractivity contribution >= 4 is 47.5 Å². The van der Waals surface area contributed by atoms with Crippen molar-refractivity contribution < 1.29 is 9.53 Å². The normalized spacial score (nSPS) is 11.0. The molecule has 0 atom stereocenters. The van der Waals surface area contributed by atoms with Gasteiger partial charge in [-0.25, -0.2) is 10.1 Å². The van der Waals surface area contributed by atoms with Crippen LogP contribution in [-0.4, -0.2) is 26.5 Å². The number of amides is 1. The molecule has 7 nitrogen and oxygen atoms in total. The van der Waals surface area contributed by atoms with Crippen molar-refractivity contribution in [1.29, 1.82) is 0 Å². The SMILES string of the molecule is O=C(CCn1nc(COc2ccc(Cl)cc2)n(-c2ccccc2)c1=S)N/N=C/c1ccc(Cl)cc1. The Hall–Kier alpha value is -3.46. The fourth-order valence-electron chi connectivity index (χ4n) is 3.20. The standard InChI is InChI=1S/C25H21Cl2N5O2S/c26-19-8-6-18(7-9-19)16-28-29-24(33)14-15-31-25(35)32(21-4-2-1-3-5-21)23(30-31)17-34-22-12-10-20(27)11-13-22/h1-13,16H,14-15,17H2,(H,29,33)/b28-16+. The van der Waals surface area contributed by atoms with Crippen LogP contribution in [0.1, 0.15) is 17.8 Å². The van der Waals surface area contributed by atoms with Crippen LogP contribution in [0.15, 0.2) is 84.0 Å². The second kappa shape index (κ2) is 11.8. The van der Waals surface area contributed by atoms with E-state index in [1.54, 1.807) is 59.4 Å². The molecule has 1 aromatic heterocycles. The third-order valence-corrected chi connectivity index (χ3v) is 5.82. The Morgan fingerprint density at radius 2 is 1.66 bits per heavy atom. The van der Waals surface area contributed by atoms with Crippen LogP contribution in [0, 0.1) is 4.77 Å². The first kappa shape index (κ1) is 24.7. The van der Waals surface area contributed by atoms with Gasteiger partial charge in [0.15, 0.2) is 5.82 Å². The van der Waals surface area contributed by atoms with Gasteiger partial charge in [0, 0.05) is 22.2 Å². The lowest BCUT2D eigenvalue weighted by atomic mass is 10.2. The van der Waals surface area contributed by atoms with Crippen LogP contribution in [0.25, 0.3) is 5.69 Å². The Morgan fingerprint density at radius 3 is 2.34 bits per heavy atom. The smallest absolute Gasteiger partial charge is 0.241 e. The highest BCUT2D eigenvalue weighted by Crippen LogP contribution is 2.18. The number of carbonyl (C=O) groups is 1. The summed E-state index contributed by atoms with van der Waals surface area (Å²) in [6.07, 6.45) is 1.70. The molecule has 1 amide bonds. The van der Waals surface area contributed by atoms with Gasteiger partial charge in [0.2, 0.25) is 10.7 Å². The Kier molecular flexibility index (Phi) is 8.31. The van der Waals surface area contributed by atoms with E-state index in [9.17, 15) is 4.79 Å². The predicted molar refractivity (Wildman–Crippen MR) is 140 cm³/mol. The van der Waals surface area contributed by atoms with E-state index in [0.717, 1.165) is 11.3 Å². The quantitative estimate of drug-likeness (QED) is 0.169. The number of ether oxygens (including phenoxy) is 1. The van der Waals surface area contributed by atoms with Crippen molar-refractivity contribution in [3.05, 3.63) is 105 Å². The summed E-state index contributed by atoms with van der Waals surface area (Å²) in [7, 11) is 0. The average Bonchev–Trinajstić information content (AvgIpc) is 3.19. The third kappa shape index (κ3) is 6.79. The molecule has 0 aliphatic carbocycles. The first-order valence-corrected chi connectivity index (χ1v) is 11.9. The number of hydrazone groups is 1. The molecule has 0 aliphatic heterocycles. The largest absolute Gasteiger partial charge is 0.486 e. The van der Waals surface area contributed by atoms with E-state index >= 15 is 0 Å². The first-order chi connectivity index (χ1) is 17.0. The van der Waals surface area contributed by atoms with E-state index in [4.69, 9.17) is 40.2 Å². The number of aryl methyl sites for hydroxylation is 1. The fourth-order valence-corrected chi connectivity index (χ4v) is 3.79. The van der Waals surface area contributed by atoms with Crippen molar-refractivity contribution in [3.8, 4) is 11.4 Å². The Labute approximate surface area is 217 Å². The molecule has 1 N–H and O–H groups in total. The van der Waals surface area contributed by atoms with Gasteiger partial charge < -0.3 is 4.74 Å². The molecular formula is C25H21Cl2N5O2S. The number of hydrogen-bond acceptors (Lipinski definition) is 5. The topological polar surface area (TPSA) is 73.4 Å². The van der Waals surface area contributed by atoms with Crippen molar-refractivity contribution in [2.75, 3.05) is 0 Å². The van der Waals surface area contributed by atoms with Crippen LogP contribution in [0.3, 0.4) is 0 Å². The second-order valence-corrected chi connectivity index (χ2v) is 8.67. The van der Waals surface area contributed by atoms with Crippen LogP contribution in [-0.2, 0) is 17.9 Å². The first-order valence-electron chi connectivity index (χ1n) is 10.7. The molecule has 0 bridgehead atoms. The van der Waals surface area contributed by atoms with Crippen LogP contribution < -0.4 is 10.2 Å². The van der Waals surface area contributed by atoms with Gasteiger partial charge in [0.05, 0.1) is 12.8 Å². The molecular weight excluding hydrogens is 505 g/mol. The molecule has 3 aromatic carbocycles. The summed E-state index contributed by atoms with van der Waals surface area (Å²) in [5.74, 6) is 1.01. The fraction of sp³-hybridized carbons (Fsp3) is 0.120. The number of para-hydroxylation sites is 1. The Bertz CT molecular complexity index is 1370. The van der Waals surface area contributed by atoms with Gasteiger partial charge in [0.25, 0.3) is 0 Å². The van der Waals surface area contributed by atoms with Crippen molar-refractivity contribution in [2.24, 2.45) is 5.10 Å². The zero-order chi connectivity index (χ0) is 24.6. The summed E-state index contributed by atoms with van der Waals surface area (Å²) in [6.45, 7) is 0.472. The van der Waals surface area contributed by atoms with Crippen LogP contribution in [0.2, 0.25) is 10.0 Å². The molecule has 0 spiro atoms. The number of aromatic nitrogens is 3. The van der Waals surface area contributed by atoms with Gasteiger partial charge in [-0.3, -0.25) is 9.36 Å². The van der Waals surface area contributed by atoms with E-state index in [-0.39, 0.29) is 25.5 Å². The van der Waals surface area contributed by atoms with Gasteiger partial charge in [-0.15, -0.1) is 0 Å². The van der Waals surface area contributed by atoms with Crippen LogP contribution in [0.4, 0.5) is 0 Å². The molecule has 0 fully saturated rings. The zero-order valence-electron chi connectivity index (χ0n) is 18.5. The van der Waals surface area contributed by atoms with Gasteiger partial charge in [-0.05, 0) is 66.3 Å². The van der Waals surface area contributed by atoms with Gasteiger partial charge in [0.1, 0.15) is 12.4 Å². The molecule has 4 aromatic rings. The molecule has 0 aliphatic rings. The highest BCUT2D eigenvalue weighted by atomic mass is 35.5. The minimum absolute atomic E-state index is 0.148. The maximum atomic E-state index is 12.3. The molecule has 35 heavy (non-hydrogen) atoms. The van der Waals surface area contributed by atoms with Crippen LogP contribution in [0.5, 0.6) is 5.75 Å². The summed E-state index contributed by atoms with van der Waals surface area (Å²) in [4.78, 5) is 12.3. The Balaban J connectivity index is 1.45. The molecule has 4 rings (SSSR count). The number of halogens is 2. The monoisotopic (exact) mass is 525 g/mol. The summed E-state index contributed by atoms with van der Waals surface area (Å²) in [5.41, 5.74) is 4.20. The lowest BCUT2D eigenvalue weighted by Gasteiger charge is -2.08. The predicted octanol–water partition coefficient (Wildman–Crippen LogP) is 5.83. The summed E-state index contributed by atoms with van der Waals surface area (Å²) >= 11 is 17.5. The highest BCUT2D eigenvalue weighted by molar-refractivity contribution is 7.71. The van der Waals surface area contributed by atoms with E-state index < -0.39 is 0 Å². The lowest BCUT2D eigenvalue weighted by molar-refractivity contribution is -0.121. The van der Waals surface area contributed by atoms with E-state index in [1.165, 1.54) is 0 Å². The number of hydrogen-bond donors (Lipinski definition) is 1. The van der Waals surface area contributed by atoms with Gasteiger partial charge in [-0.2, -0.15) is 10.2 Å². The molecule has 0 unspecified atom stereocenters. The molecule has 0 saturated carbocycles. The number of nitrogens with zero attached hydrogens (tertiary/aromatic N) is 4. The lowest BCUT2D eigenvalue weighted by Crippen LogP contribution is -2.19. The van der Waals surface area contributed by atoms with Crippen molar-refractivity contribution in [2.45, 2.75) is 19.6 Å². The van der Waals surface area contributed by atoms with E-state index in [2.05, 4.69) is 15.6 Å². The van der Waals surface area contributed by atoms with Gasteiger partial charge in [-0.1, -0.05) is 53.5 Å². The molecule has 1 heterocycles. The summed E-state index contributed by atoms with van der Waals surface area (Å²) in [5, 5.41) is 9.87. The maximum absolute atomic E-state index is 12.3. The van der Waals surface area contributed by atoms with Crippen LogP contribution >= 0.6 is 35.4 Å². The van der Waals surface area contributed by atoms with Crippen molar-refractivity contribution in [1.82, 2.24) is 19.8 Å². The summed E-state index contributed by atoms with van der Waals surface area (Å²) < 4.78 is 9.81. The van der Waals surface area contributed by atoms with E-state index in [0.29, 0.717) is 26.4 Å². The van der Waals surface area contributed by atoms with Gasteiger partial charge >= 0.3 is 0 Å². The third-order valence-electron chi connectivity index (χ3n) is 4.93. The van der Waals surface area contributed by atoms with Crippen molar-refractivity contribution in [3.63, 3.8) is 0 Å². The second-order valence-electron chi connectivity index (χ2n) is 7.43.